The maximum Gasteiger partial charge on any atom is 0.451 e. The Morgan fingerprint density at radius 1 is 1.23 bits per heavy atom. The molecular weight excluding hydrogens is 353 g/mol. The number of alkyl halides is 3. The summed E-state index contributed by atoms with van der Waals surface area (Å²) in [7, 11) is 0. The van der Waals surface area contributed by atoms with Gasteiger partial charge >= 0.3 is 6.18 Å². The molecule has 6 nitrogen and oxygen atoms in total. The molecule has 1 spiro atoms. The van der Waals surface area contributed by atoms with E-state index >= 15 is 0 Å². The molecule has 2 heterocycles. The fraction of sp³-hybridized carbons (Fsp3) is 0.647. The molecule has 2 aliphatic rings. The van der Waals surface area contributed by atoms with Gasteiger partial charge in [0.15, 0.2) is 5.79 Å². The van der Waals surface area contributed by atoms with E-state index in [1.165, 1.54) is 18.4 Å². The van der Waals surface area contributed by atoms with Gasteiger partial charge in [-0.1, -0.05) is 0 Å². The number of ether oxygens (including phenoxy) is 4. The van der Waals surface area contributed by atoms with Crippen molar-refractivity contribution in [2.24, 2.45) is 0 Å². The van der Waals surface area contributed by atoms with Crippen LogP contribution in [0.4, 0.5) is 13.2 Å². The van der Waals surface area contributed by atoms with Gasteiger partial charge in [0.2, 0.25) is 11.7 Å². The average molecular weight is 374 g/mol. The first-order chi connectivity index (χ1) is 12.4. The van der Waals surface area contributed by atoms with Crippen molar-refractivity contribution in [1.29, 1.82) is 0 Å². The Labute approximate surface area is 149 Å². The molecule has 0 bridgehead atoms. The monoisotopic (exact) mass is 374 g/mol. The molecule has 3 rings (SSSR count). The van der Waals surface area contributed by atoms with E-state index < -0.39 is 17.8 Å². The molecule has 0 aromatic carbocycles. The van der Waals surface area contributed by atoms with Crippen molar-refractivity contribution in [3.05, 3.63) is 23.8 Å². The summed E-state index contributed by atoms with van der Waals surface area (Å²) in [6.07, 6.45) is 0.279. The number of nitrogens with zero attached hydrogens (tertiary/aromatic N) is 2. The molecule has 1 saturated carbocycles. The third-order valence-corrected chi connectivity index (χ3v) is 4.27. The summed E-state index contributed by atoms with van der Waals surface area (Å²) >= 11 is 0. The van der Waals surface area contributed by atoms with Crippen LogP contribution >= 0.6 is 0 Å². The zero-order valence-electron chi connectivity index (χ0n) is 14.4. The van der Waals surface area contributed by atoms with Gasteiger partial charge in [0.25, 0.3) is 0 Å². The van der Waals surface area contributed by atoms with Gasteiger partial charge in [-0.05, 0) is 25.8 Å². The Kier molecular flexibility index (Phi) is 5.67. The maximum absolute atomic E-state index is 13.0. The Morgan fingerprint density at radius 2 is 1.92 bits per heavy atom. The first kappa shape index (κ1) is 18.9. The lowest BCUT2D eigenvalue weighted by atomic mass is 9.92. The van der Waals surface area contributed by atoms with Crippen molar-refractivity contribution in [2.75, 3.05) is 19.8 Å². The fourth-order valence-electron chi connectivity index (χ4n) is 3.03. The Bertz CT molecular complexity index is 635. The average Bonchev–Trinajstić information content (AvgIpc) is 3.05. The van der Waals surface area contributed by atoms with Crippen molar-refractivity contribution < 1.29 is 32.1 Å². The Hall–Kier alpha value is -1.87. The van der Waals surface area contributed by atoms with Crippen molar-refractivity contribution in [2.45, 2.75) is 50.7 Å². The van der Waals surface area contributed by atoms with Gasteiger partial charge in [-0.3, -0.25) is 0 Å². The normalized spacial score (nSPS) is 20.8. The first-order valence-electron chi connectivity index (χ1n) is 8.59. The fourth-order valence-corrected chi connectivity index (χ4v) is 3.03. The smallest absolute Gasteiger partial charge is 0.451 e. The van der Waals surface area contributed by atoms with Crippen LogP contribution in [0.2, 0.25) is 0 Å². The summed E-state index contributed by atoms with van der Waals surface area (Å²) < 4.78 is 61.1. The van der Waals surface area contributed by atoms with E-state index in [2.05, 4.69) is 9.97 Å². The predicted molar refractivity (Wildman–Crippen MR) is 85.2 cm³/mol. The molecule has 26 heavy (non-hydrogen) atoms. The van der Waals surface area contributed by atoms with Crippen molar-refractivity contribution in [3.8, 4) is 5.88 Å². The molecule has 0 amide bonds. The van der Waals surface area contributed by atoms with E-state index in [0.29, 0.717) is 45.5 Å². The Balaban J connectivity index is 1.71. The van der Waals surface area contributed by atoms with Crippen LogP contribution in [0.3, 0.4) is 0 Å². The van der Waals surface area contributed by atoms with Crippen LogP contribution in [0, 0.1) is 0 Å². The van der Waals surface area contributed by atoms with Crippen LogP contribution in [-0.4, -0.2) is 41.7 Å². The molecule has 1 aliphatic heterocycles. The van der Waals surface area contributed by atoms with Crippen molar-refractivity contribution in [1.82, 2.24) is 9.97 Å². The van der Waals surface area contributed by atoms with Gasteiger partial charge in [0.1, 0.15) is 6.10 Å². The number of hydrogen-bond donors (Lipinski definition) is 0. The summed E-state index contributed by atoms with van der Waals surface area (Å²) in [6, 6.07) is 1.37. The van der Waals surface area contributed by atoms with E-state index in [4.69, 9.17) is 18.9 Å². The van der Waals surface area contributed by atoms with Crippen LogP contribution in [0.15, 0.2) is 12.3 Å². The zero-order chi connectivity index (χ0) is 18.6. The van der Waals surface area contributed by atoms with E-state index in [1.54, 1.807) is 6.92 Å². The quantitative estimate of drug-likeness (QED) is 0.735. The molecule has 144 valence electrons. The van der Waals surface area contributed by atoms with Gasteiger partial charge in [-0.25, -0.2) is 4.98 Å². The van der Waals surface area contributed by atoms with Crippen LogP contribution in [-0.2, 0) is 20.4 Å². The lowest BCUT2D eigenvalue weighted by Gasteiger charge is -2.35. The van der Waals surface area contributed by atoms with Crippen LogP contribution < -0.4 is 4.74 Å². The summed E-state index contributed by atoms with van der Waals surface area (Å²) in [5, 5.41) is 0. The highest BCUT2D eigenvalue weighted by Gasteiger charge is 2.41. The maximum atomic E-state index is 13.0. The highest BCUT2D eigenvalue weighted by atomic mass is 19.4. The minimum atomic E-state index is -4.66. The molecule has 0 N–H and O–H groups in total. The number of rotatable bonds is 5. The molecule has 9 heteroatoms. The predicted octanol–water partition coefficient (Wildman–Crippen LogP) is 3.57. The van der Waals surface area contributed by atoms with Gasteiger partial charge in [0, 0.05) is 18.9 Å². The highest BCUT2D eigenvalue weighted by molar-refractivity contribution is 5.45. The van der Waals surface area contributed by atoms with Gasteiger partial charge < -0.3 is 18.9 Å². The zero-order valence-corrected chi connectivity index (χ0v) is 14.4. The SMILES string of the molecule is CCOC=Cc1cc(OC2CCC3(CC2)OCCO3)nc(C(F)(F)F)n1. The van der Waals surface area contributed by atoms with E-state index in [-0.39, 0.29) is 17.7 Å². The number of halogens is 3. The molecule has 1 aliphatic carbocycles. The van der Waals surface area contributed by atoms with Gasteiger partial charge in [-0.15, -0.1) is 0 Å². The summed E-state index contributed by atoms with van der Waals surface area (Å²) in [5.74, 6) is -1.88. The second kappa shape index (κ2) is 7.79. The molecule has 2 fully saturated rings. The van der Waals surface area contributed by atoms with Crippen LogP contribution in [0.25, 0.3) is 6.08 Å². The van der Waals surface area contributed by atoms with Gasteiger partial charge in [0.05, 0.1) is 31.8 Å². The molecule has 0 atom stereocenters. The van der Waals surface area contributed by atoms with Crippen molar-refractivity contribution >= 4 is 6.08 Å². The second-order valence-electron chi connectivity index (χ2n) is 6.14. The summed E-state index contributed by atoms with van der Waals surface area (Å²) in [6.45, 7) is 3.32. The lowest BCUT2D eigenvalue weighted by molar-refractivity contribution is -0.186. The number of hydrogen-bond acceptors (Lipinski definition) is 6. The standard InChI is InChI=1S/C17H21F3N2O4/c1-2-23-8-5-12-11-14(22-15(21-12)17(18,19)20)26-13-3-6-16(7-4-13)24-9-10-25-16/h5,8,11,13H,2-4,6-7,9-10H2,1H3. The molecular formula is C17H21F3N2O4. The second-order valence-corrected chi connectivity index (χ2v) is 6.14. The minimum absolute atomic E-state index is 0.0746. The topological polar surface area (TPSA) is 62.7 Å². The van der Waals surface area contributed by atoms with Crippen LogP contribution in [0.1, 0.15) is 44.1 Å². The van der Waals surface area contributed by atoms with E-state index in [0.717, 1.165) is 0 Å². The highest BCUT2D eigenvalue weighted by Crippen LogP contribution is 2.37. The summed E-state index contributed by atoms with van der Waals surface area (Å²) in [4.78, 5) is 7.03. The largest absolute Gasteiger partial charge is 0.501 e. The Morgan fingerprint density at radius 3 is 2.54 bits per heavy atom. The summed E-state index contributed by atoms with van der Waals surface area (Å²) in [5.41, 5.74) is 0.0746. The van der Waals surface area contributed by atoms with E-state index in [9.17, 15) is 13.2 Å². The molecule has 1 aromatic rings. The van der Waals surface area contributed by atoms with Gasteiger partial charge in [-0.2, -0.15) is 18.2 Å². The van der Waals surface area contributed by atoms with E-state index in [1.807, 2.05) is 0 Å². The molecule has 1 aromatic heterocycles. The first-order valence-corrected chi connectivity index (χ1v) is 8.59. The molecule has 1 saturated heterocycles. The lowest BCUT2D eigenvalue weighted by Crippen LogP contribution is -2.38. The minimum Gasteiger partial charge on any atom is -0.501 e. The third-order valence-electron chi connectivity index (χ3n) is 4.27. The molecule has 0 unspecified atom stereocenters. The number of aromatic nitrogens is 2. The third kappa shape index (κ3) is 4.64. The van der Waals surface area contributed by atoms with Crippen LogP contribution in [0.5, 0.6) is 5.88 Å². The van der Waals surface area contributed by atoms with Crippen molar-refractivity contribution in [3.63, 3.8) is 0 Å². The molecule has 0 radical (unpaired) electrons.